The van der Waals surface area contributed by atoms with Gasteiger partial charge < -0.3 is 9.42 Å². The second kappa shape index (κ2) is 4.33. The lowest BCUT2D eigenvalue weighted by Crippen LogP contribution is -2.30. The minimum atomic E-state index is 0.346. The van der Waals surface area contributed by atoms with Crippen LogP contribution in [0.3, 0.4) is 0 Å². The molecule has 0 saturated carbocycles. The Hall–Kier alpha value is -0.860. The van der Waals surface area contributed by atoms with Crippen LogP contribution in [-0.2, 0) is 0 Å². The van der Waals surface area contributed by atoms with E-state index in [4.69, 9.17) is 9.78 Å². The molecule has 1 unspecified atom stereocenters. The second-order valence-electron chi connectivity index (χ2n) is 3.92. The van der Waals surface area contributed by atoms with Crippen molar-refractivity contribution in [3.63, 3.8) is 0 Å². The zero-order chi connectivity index (χ0) is 10.8. The van der Waals surface area contributed by atoms with Crippen LogP contribution in [0.15, 0.2) is 9.00 Å². The lowest BCUT2D eigenvalue weighted by atomic mass is 9.96. The number of nitrogens with zero attached hydrogens (tertiary/aromatic N) is 3. The van der Waals surface area contributed by atoms with E-state index in [2.05, 4.69) is 33.0 Å². The maximum Gasteiger partial charge on any atom is 0.197 e. The molecule has 4 nitrogen and oxygen atoms in total. The van der Waals surface area contributed by atoms with Crippen LogP contribution in [0.2, 0.25) is 0 Å². The molecule has 0 aliphatic carbocycles. The van der Waals surface area contributed by atoms with Crippen LogP contribution >= 0.6 is 15.9 Å². The van der Waals surface area contributed by atoms with E-state index in [0.717, 1.165) is 36.2 Å². The van der Waals surface area contributed by atoms with Gasteiger partial charge in [0.15, 0.2) is 11.5 Å². The predicted octanol–water partition coefficient (Wildman–Crippen LogP) is 2.12. The molecule has 1 atom stereocenters. The summed E-state index contributed by atoms with van der Waals surface area (Å²) in [6.45, 7) is 2.10. The smallest absolute Gasteiger partial charge is 0.197 e. The summed E-state index contributed by atoms with van der Waals surface area (Å²) in [5.74, 6) is 1.17. The molecule has 1 aliphatic rings. The van der Waals surface area contributed by atoms with Crippen LogP contribution < -0.4 is 0 Å². The van der Waals surface area contributed by atoms with Gasteiger partial charge >= 0.3 is 0 Å². The van der Waals surface area contributed by atoms with Crippen molar-refractivity contribution in [3.05, 3.63) is 15.9 Å². The highest BCUT2D eigenvalue weighted by Gasteiger charge is 2.26. The Labute approximate surface area is 97.0 Å². The summed E-state index contributed by atoms with van der Waals surface area (Å²) in [6, 6.07) is 2.00. The molecule has 0 radical (unpaired) electrons. The summed E-state index contributed by atoms with van der Waals surface area (Å²) < 4.78 is 5.96. The monoisotopic (exact) mass is 269 g/mol. The zero-order valence-corrected chi connectivity index (χ0v) is 10.1. The average molecular weight is 270 g/mol. The molecule has 0 N–H and O–H groups in total. The van der Waals surface area contributed by atoms with E-state index in [1.807, 2.05) is 6.07 Å². The Kier molecular flexibility index (Phi) is 3.08. The normalized spacial score (nSPS) is 22.6. The van der Waals surface area contributed by atoms with E-state index in [9.17, 15) is 0 Å². The average Bonchev–Trinajstić information content (AvgIpc) is 2.59. The molecule has 0 aromatic carbocycles. The van der Waals surface area contributed by atoms with E-state index in [1.165, 1.54) is 0 Å². The zero-order valence-electron chi connectivity index (χ0n) is 8.53. The number of likely N-dealkylation sites (N-methyl/N-ethyl adjacent to an activating group) is 1. The Balaban J connectivity index is 2.22. The van der Waals surface area contributed by atoms with Crippen LogP contribution in [0, 0.1) is 11.3 Å². The van der Waals surface area contributed by atoms with E-state index in [1.54, 1.807) is 0 Å². The van der Waals surface area contributed by atoms with Gasteiger partial charge in [0.1, 0.15) is 6.07 Å². The van der Waals surface area contributed by atoms with Crippen molar-refractivity contribution in [2.24, 2.45) is 0 Å². The third kappa shape index (κ3) is 2.06. The highest BCUT2D eigenvalue weighted by molar-refractivity contribution is 9.10. The molecule has 15 heavy (non-hydrogen) atoms. The molecule has 1 aliphatic heterocycles. The number of aromatic nitrogens is 1. The summed E-state index contributed by atoms with van der Waals surface area (Å²) in [6.07, 6.45) is 2.26. The Morgan fingerprint density at radius 3 is 3.07 bits per heavy atom. The first kappa shape index (κ1) is 10.7. The van der Waals surface area contributed by atoms with Crippen molar-refractivity contribution >= 4 is 15.9 Å². The first-order valence-electron chi connectivity index (χ1n) is 4.96. The second-order valence-corrected chi connectivity index (χ2v) is 4.72. The van der Waals surface area contributed by atoms with Crippen molar-refractivity contribution in [2.45, 2.75) is 18.8 Å². The standard InChI is InChI=1S/C10H12BrN3O/c1-14-4-2-3-7(6-14)10-9(11)8(5-12)13-15-10/h7H,2-4,6H2,1H3. The maximum absolute atomic E-state index is 8.77. The molecule has 0 amide bonds. The number of likely N-dealkylation sites (tertiary alicyclic amines) is 1. The van der Waals surface area contributed by atoms with E-state index < -0.39 is 0 Å². The minimum Gasteiger partial charge on any atom is -0.358 e. The van der Waals surface area contributed by atoms with Gasteiger partial charge in [-0.05, 0) is 42.4 Å². The van der Waals surface area contributed by atoms with Gasteiger partial charge in [-0.3, -0.25) is 0 Å². The van der Waals surface area contributed by atoms with E-state index >= 15 is 0 Å². The van der Waals surface area contributed by atoms with Gasteiger partial charge in [0.2, 0.25) is 0 Å². The fraction of sp³-hybridized carbons (Fsp3) is 0.600. The number of hydrogen-bond donors (Lipinski definition) is 0. The van der Waals surface area contributed by atoms with Crippen LogP contribution in [0.4, 0.5) is 0 Å². The number of halogens is 1. The summed E-state index contributed by atoms with van der Waals surface area (Å²) in [5, 5.41) is 12.5. The summed E-state index contributed by atoms with van der Waals surface area (Å²) in [5.41, 5.74) is 0.346. The number of piperidine rings is 1. The molecule has 0 spiro atoms. The van der Waals surface area contributed by atoms with E-state index in [-0.39, 0.29) is 0 Å². The molecule has 1 saturated heterocycles. The summed E-state index contributed by atoms with van der Waals surface area (Å²) >= 11 is 3.37. The van der Waals surface area contributed by atoms with Gasteiger partial charge in [-0.15, -0.1) is 0 Å². The van der Waals surface area contributed by atoms with Gasteiger partial charge in [-0.2, -0.15) is 5.26 Å². The van der Waals surface area contributed by atoms with Gasteiger partial charge in [0.25, 0.3) is 0 Å². The van der Waals surface area contributed by atoms with Crippen LogP contribution in [-0.4, -0.2) is 30.2 Å². The summed E-state index contributed by atoms with van der Waals surface area (Å²) in [7, 11) is 2.10. The molecule has 5 heteroatoms. The molecule has 0 bridgehead atoms. The number of hydrogen-bond acceptors (Lipinski definition) is 4. The third-order valence-corrected chi connectivity index (χ3v) is 3.53. The minimum absolute atomic E-state index is 0.346. The van der Waals surface area contributed by atoms with Gasteiger partial charge in [-0.1, -0.05) is 5.16 Å². The first-order valence-corrected chi connectivity index (χ1v) is 5.75. The number of nitriles is 1. The van der Waals surface area contributed by atoms with Crippen LogP contribution in [0.25, 0.3) is 0 Å². The number of rotatable bonds is 1. The van der Waals surface area contributed by atoms with Crippen molar-refractivity contribution in [1.82, 2.24) is 10.1 Å². The molecular formula is C10H12BrN3O. The quantitative estimate of drug-likeness (QED) is 0.784. The van der Waals surface area contributed by atoms with Gasteiger partial charge in [-0.25, -0.2) is 0 Å². The fourth-order valence-corrected chi connectivity index (χ4v) is 2.55. The Bertz CT molecular complexity index is 396. The highest BCUT2D eigenvalue weighted by atomic mass is 79.9. The molecule has 1 fully saturated rings. The third-order valence-electron chi connectivity index (χ3n) is 2.76. The van der Waals surface area contributed by atoms with Crippen LogP contribution in [0.5, 0.6) is 0 Å². The lowest BCUT2D eigenvalue weighted by molar-refractivity contribution is 0.223. The lowest BCUT2D eigenvalue weighted by Gasteiger charge is -2.28. The van der Waals surface area contributed by atoms with Crippen LogP contribution in [0.1, 0.15) is 30.2 Å². The predicted molar refractivity (Wildman–Crippen MR) is 58.4 cm³/mol. The maximum atomic E-state index is 8.77. The topological polar surface area (TPSA) is 53.1 Å². The van der Waals surface area contributed by atoms with Crippen molar-refractivity contribution < 1.29 is 4.52 Å². The molecule has 1 aromatic rings. The van der Waals surface area contributed by atoms with Gasteiger partial charge in [0, 0.05) is 12.5 Å². The molecule has 1 aromatic heterocycles. The molecule has 2 heterocycles. The first-order chi connectivity index (χ1) is 7.22. The van der Waals surface area contributed by atoms with Crippen molar-refractivity contribution in [3.8, 4) is 6.07 Å². The SMILES string of the molecule is CN1CCCC(c2onc(C#N)c2Br)C1. The Morgan fingerprint density at radius 1 is 1.67 bits per heavy atom. The summed E-state index contributed by atoms with van der Waals surface area (Å²) in [4.78, 5) is 2.27. The highest BCUT2D eigenvalue weighted by Crippen LogP contribution is 2.33. The molecular weight excluding hydrogens is 258 g/mol. The van der Waals surface area contributed by atoms with Crippen molar-refractivity contribution in [1.29, 1.82) is 5.26 Å². The van der Waals surface area contributed by atoms with Gasteiger partial charge in [0.05, 0.1) is 4.47 Å². The Morgan fingerprint density at radius 2 is 2.47 bits per heavy atom. The largest absolute Gasteiger partial charge is 0.358 e. The molecule has 2 rings (SSSR count). The van der Waals surface area contributed by atoms with Crippen molar-refractivity contribution in [2.75, 3.05) is 20.1 Å². The molecule has 80 valence electrons. The fourth-order valence-electron chi connectivity index (χ4n) is 2.00. The van der Waals surface area contributed by atoms with E-state index in [0.29, 0.717) is 11.6 Å².